The summed E-state index contributed by atoms with van der Waals surface area (Å²) >= 11 is 0. The van der Waals surface area contributed by atoms with E-state index in [0.717, 1.165) is 30.4 Å². The van der Waals surface area contributed by atoms with Gasteiger partial charge in [-0.3, -0.25) is 0 Å². The van der Waals surface area contributed by atoms with Crippen molar-refractivity contribution in [3.8, 4) is 0 Å². The van der Waals surface area contributed by atoms with Crippen molar-refractivity contribution >= 4 is 0 Å². The highest BCUT2D eigenvalue weighted by Crippen LogP contribution is 2.40. The fraction of sp³-hybridized carbons (Fsp3) is 0.882. The van der Waals surface area contributed by atoms with Crippen molar-refractivity contribution in [3.05, 3.63) is 11.6 Å². The number of nitrogens with zero attached hydrogens (tertiary/aromatic N) is 3. The van der Waals surface area contributed by atoms with E-state index in [-0.39, 0.29) is 5.54 Å². The number of aromatic nitrogens is 3. The third-order valence-corrected chi connectivity index (χ3v) is 5.83. The van der Waals surface area contributed by atoms with Gasteiger partial charge in [-0.05, 0) is 51.4 Å². The fourth-order valence-corrected chi connectivity index (χ4v) is 4.31. The molecule has 21 heavy (non-hydrogen) atoms. The Kier molecular flexibility index (Phi) is 4.34. The molecule has 2 N–H and O–H groups in total. The van der Waals surface area contributed by atoms with Crippen molar-refractivity contribution in [1.29, 1.82) is 0 Å². The highest BCUT2D eigenvalue weighted by Gasteiger charge is 2.38. The molecule has 2 aliphatic carbocycles. The quantitative estimate of drug-likeness (QED) is 0.920. The molecule has 1 aromatic rings. The van der Waals surface area contributed by atoms with E-state index in [1.807, 2.05) is 0 Å². The number of hydrogen-bond donors (Lipinski definition) is 1. The van der Waals surface area contributed by atoms with Gasteiger partial charge in [0.2, 0.25) is 0 Å². The summed E-state index contributed by atoms with van der Waals surface area (Å²) < 4.78 is 2.39. The number of nitrogens with two attached hydrogens (primary N) is 1. The summed E-state index contributed by atoms with van der Waals surface area (Å²) in [4.78, 5) is 0. The lowest BCUT2D eigenvalue weighted by Gasteiger charge is -2.38. The van der Waals surface area contributed by atoms with Crippen LogP contribution >= 0.6 is 0 Å². The first-order valence-electron chi connectivity index (χ1n) is 8.85. The zero-order valence-electron chi connectivity index (χ0n) is 13.6. The summed E-state index contributed by atoms with van der Waals surface area (Å²) in [7, 11) is 0. The lowest BCUT2D eigenvalue weighted by molar-refractivity contribution is 0.207. The molecule has 0 radical (unpaired) electrons. The minimum absolute atomic E-state index is 0.246. The normalized spacial score (nSPS) is 31.5. The Morgan fingerprint density at radius 2 is 1.76 bits per heavy atom. The first kappa shape index (κ1) is 15.0. The molecule has 2 aliphatic rings. The molecule has 0 spiro atoms. The van der Waals surface area contributed by atoms with E-state index in [1.165, 1.54) is 51.4 Å². The second-order valence-electron chi connectivity index (χ2n) is 7.24. The molecule has 1 heterocycles. The molecule has 0 aliphatic heterocycles. The second-order valence-corrected chi connectivity index (χ2v) is 7.24. The van der Waals surface area contributed by atoms with E-state index >= 15 is 0 Å². The van der Waals surface area contributed by atoms with Gasteiger partial charge >= 0.3 is 0 Å². The molecular weight excluding hydrogens is 260 g/mol. The van der Waals surface area contributed by atoms with Gasteiger partial charge in [-0.25, -0.2) is 0 Å². The maximum Gasteiger partial charge on any atom is 0.153 e. The molecule has 4 nitrogen and oxygen atoms in total. The average Bonchev–Trinajstić information content (AvgIpc) is 2.91. The van der Waals surface area contributed by atoms with E-state index in [1.54, 1.807) is 0 Å². The van der Waals surface area contributed by atoms with Gasteiger partial charge in [0.1, 0.15) is 5.82 Å². The fourth-order valence-electron chi connectivity index (χ4n) is 4.31. The standard InChI is InChI=1S/C17H30N4/c1-3-14-9-11-17(18,12-10-14)16-20-19-13(2)21(16)15-7-5-4-6-8-15/h14-15H,3-12,18H2,1-2H3. The van der Waals surface area contributed by atoms with Gasteiger partial charge in [0, 0.05) is 6.04 Å². The molecule has 0 unspecified atom stereocenters. The highest BCUT2D eigenvalue weighted by atomic mass is 15.3. The average molecular weight is 290 g/mol. The van der Waals surface area contributed by atoms with Gasteiger partial charge in [0.05, 0.1) is 5.54 Å². The van der Waals surface area contributed by atoms with E-state index in [0.29, 0.717) is 6.04 Å². The molecule has 0 bridgehead atoms. The molecule has 3 rings (SSSR count). The number of aryl methyl sites for hydroxylation is 1. The summed E-state index contributed by atoms with van der Waals surface area (Å²) in [5.41, 5.74) is 6.55. The van der Waals surface area contributed by atoms with Crippen LogP contribution in [0.5, 0.6) is 0 Å². The van der Waals surface area contributed by atoms with Crippen LogP contribution in [0.25, 0.3) is 0 Å². The van der Waals surface area contributed by atoms with Gasteiger partial charge in [0.15, 0.2) is 5.82 Å². The third kappa shape index (κ3) is 2.87. The van der Waals surface area contributed by atoms with Crippen molar-refractivity contribution < 1.29 is 0 Å². The van der Waals surface area contributed by atoms with Crippen LogP contribution in [-0.2, 0) is 5.54 Å². The van der Waals surface area contributed by atoms with Crippen molar-refractivity contribution in [2.75, 3.05) is 0 Å². The van der Waals surface area contributed by atoms with E-state index in [4.69, 9.17) is 5.73 Å². The van der Waals surface area contributed by atoms with Crippen LogP contribution in [0.1, 0.15) is 88.8 Å². The molecule has 2 saturated carbocycles. The number of hydrogen-bond acceptors (Lipinski definition) is 3. The maximum absolute atomic E-state index is 6.79. The molecule has 1 aromatic heterocycles. The monoisotopic (exact) mass is 290 g/mol. The Hall–Kier alpha value is -0.900. The van der Waals surface area contributed by atoms with Gasteiger partial charge in [-0.1, -0.05) is 32.6 Å². The lowest BCUT2D eigenvalue weighted by Crippen LogP contribution is -2.43. The van der Waals surface area contributed by atoms with Gasteiger partial charge in [-0.15, -0.1) is 10.2 Å². The molecule has 2 fully saturated rings. The van der Waals surface area contributed by atoms with E-state index in [9.17, 15) is 0 Å². The summed E-state index contributed by atoms with van der Waals surface area (Å²) in [5.74, 6) is 2.98. The first-order valence-corrected chi connectivity index (χ1v) is 8.85. The third-order valence-electron chi connectivity index (χ3n) is 5.83. The highest BCUT2D eigenvalue weighted by molar-refractivity contribution is 5.11. The van der Waals surface area contributed by atoms with Crippen LogP contribution < -0.4 is 5.73 Å². The van der Waals surface area contributed by atoms with E-state index in [2.05, 4.69) is 28.6 Å². The summed E-state index contributed by atoms with van der Waals surface area (Å²) in [6, 6.07) is 0.577. The molecule has 0 aromatic carbocycles. The largest absolute Gasteiger partial charge is 0.319 e. The lowest BCUT2D eigenvalue weighted by atomic mass is 9.75. The second kappa shape index (κ2) is 6.07. The van der Waals surface area contributed by atoms with Crippen LogP contribution in [-0.4, -0.2) is 14.8 Å². The Labute approximate surface area is 128 Å². The van der Waals surface area contributed by atoms with Crippen molar-refractivity contribution in [2.45, 2.75) is 89.6 Å². The van der Waals surface area contributed by atoms with Crippen LogP contribution in [0.2, 0.25) is 0 Å². The van der Waals surface area contributed by atoms with Crippen LogP contribution in [0.4, 0.5) is 0 Å². The Bertz CT molecular complexity index is 465. The Balaban J connectivity index is 1.85. The predicted octanol–water partition coefficient (Wildman–Crippen LogP) is 3.85. The predicted molar refractivity (Wildman–Crippen MR) is 85.0 cm³/mol. The molecule has 0 amide bonds. The van der Waals surface area contributed by atoms with Gasteiger partial charge in [-0.2, -0.15) is 0 Å². The topological polar surface area (TPSA) is 56.7 Å². The zero-order valence-corrected chi connectivity index (χ0v) is 13.6. The van der Waals surface area contributed by atoms with Crippen LogP contribution in [0, 0.1) is 12.8 Å². The van der Waals surface area contributed by atoms with Crippen LogP contribution in [0.15, 0.2) is 0 Å². The molecule has 0 saturated heterocycles. The van der Waals surface area contributed by atoms with Gasteiger partial charge in [0.25, 0.3) is 0 Å². The Morgan fingerprint density at radius 1 is 1.10 bits per heavy atom. The van der Waals surface area contributed by atoms with Crippen molar-refractivity contribution in [1.82, 2.24) is 14.8 Å². The first-order chi connectivity index (χ1) is 10.1. The smallest absolute Gasteiger partial charge is 0.153 e. The Morgan fingerprint density at radius 3 is 2.38 bits per heavy atom. The maximum atomic E-state index is 6.79. The number of rotatable bonds is 3. The van der Waals surface area contributed by atoms with Crippen molar-refractivity contribution in [2.24, 2.45) is 11.7 Å². The summed E-state index contributed by atoms with van der Waals surface area (Å²) in [6.07, 6.45) is 12.5. The van der Waals surface area contributed by atoms with Gasteiger partial charge < -0.3 is 10.3 Å². The summed E-state index contributed by atoms with van der Waals surface area (Å²) in [5, 5.41) is 8.91. The van der Waals surface area contributed by atoms with Crippen LogP contribution in [0.3, 0.4) is 0 Å². The minimum atomic E-state index is -0.246. The van der Waals surface area contributed by atoms with Crippen molar-refractivity contribution in [3.63, 3.8) is 0 Å². The summed E-state index contributed by atoms with van der Waals surface area (Å²) in [6.45, 7) is 4.38. The molecule has 4 heteroatoms. The zero-order chi connectivity index (χ0) is 14.9. The molecule has 0 atom stereocenters. The minimum Gasteiger partial charge on any atom is -0.319 e. The molecule has 118 valence electrons. The SMILES string of the molecule is CCC1CCC(N)(c2nnc(C)n2C2CCCCC2)CC1. The van der Waals surface area contributed by atoms with E-state index < -0.39 is 0 Å². The molecular formula is C17H30N4.